The van der Waals surface area contributed by atoms with E-state index in [9.17, 15) is 0 Å². The van der Waals surface area contributed by atoms with Gasteiger partial charge in [-0.1, -0.05) is 73.1 Å². The van der Waals surface area contributed by atoms with Crippen molar-refractivity contribution < 1.29 is 0 Å². The fourth-order valence-corrected chi connectivity index (χ4v) is 2.89. The van der Waals surface area contributed by atoms with E-state index >= 15 is 0 Å². The van der Waals surface area contributed by atoms with Crippen LogP contribution >= 0.6 is 0 Å². The summed E-state index contributed by atoms with van der Waals surface area (Å²) >= 11 is 0. The van der Waals surface area contributed by atoms with E-state index in [2.05, 4.69) is 44.8 Å². The van der Waals surface area contributed by atoms with Gasteiger partial charge in [-0.15, -0.1) is 0 Å². The van der Waals surface area contributed by atoms with Gasteiger partial charge in [-0.3, -0.25) is 4.90 Å². The van der Waals surface area contributed by atoms with Crippen LogP contribution in [0.5, 0.6) is 0 Å². The normalized spacial score (nSPS) is 25.1. The number of rotatable bonds is 4. The first kappa shape index (κ1) is 19.9. The van der Waals surface area contributed by atoms with Gasteiger partial charge in [0.15, 0.2) is 0 Å². The fourth-order valence-electron chi connectivity index (χ4n) is 2.89. The van der Waals surface area contributed by atoms with Crippen molar-refractivity contribution in [2.24, 2.45) is 5.92 Å². The van der Waals surface area contributed by atoms with Crippen LogP contribution in [-0.2, 0) is 0 Å². The molecule has 2 saturated heterocycles. The molecule has 0 spiro atoms. The van der Waals surface area contributed by atoms with Crippen LogP contribution in [0, 0.1) is 5.92 Å². The lowest BCUT2D eigenvalue weighted by molar-refractivity contribution is 0.211. The maximum atomic E-state index is 3.44. The molecule has 0 saturated carbocycles. The molecule has 0 bridgehead atoms. The second kappa shape index (κ2) is 13.9. The Morgan fingerprint density at radius 3 is 2.10 bits per heavy atom. The van der Waals surface area contributed by atoms with E-state index in [1.807, 2.05) is 0 Å². The minimum absolute atomic E-state index is 0.865. The summed E-state index contributed by atoms with van der Waals surface area (Å²) in [7, 11) is 0. The van der Waals surface area contributed by atoms with Crippen molar-refractivity contribution in [3.63, 3.8) is 0 Å². The molecule has 2 rings (SSSR count). The molecule has 2 unspecified atom stereocenters. The van der Waals surface area contributed by atoms with Crippen LogP contribution in [0.4, 0.5) is 0 Å². The molecule has 2 nitrogen and oxygen atoms in total. The first-order valence-electron chi connectivity index (χ1n) is 9.14. The molecule has 0 aliphatic carbocycles. The number of piperazine rings is 1. The third-order valence-electron chi connectivity index (χ3n) is 3.90. The predicted octanol–water partition coefficient (Wildman–Crippen LogP) is 4.69. The summed E-state index contributed by atoms with van der Waals surface area (Å²) in [6, 6.07) is 0.865. The zero-order valence-electron chi connectivity index (χ0n) is 14.9. The summed E-state index contributed by atoms with van der Waals surface area (Å²) < 4.78 is 0. The van der Waals surface area contributed by atoms with E-state index in [1.54, 1.807) is 0 Å². The molecular weight excluding hydrogens is 244 g/mol. The smallest absolute Gasteiger partial charge is 0.0224 e. The molecule has 2 heteroatoms. The Labute approximate surface area is 128 Å². The Hall–Kier alpha value is -0.0800. The van der Waals surface area contributed by atoms with Gasteiger partial charge >= 0.3 is 0 Å². The van der Waals surface area contributed by atoms with Crippen molar-refractivity contribution in [2.45, 2.75) is 85.6 Å². The van der Waals surface area contributed by atoms with Gasteiger partial charge in [0.2, 0.25) is 0 Å². The van der Waals surface area contributed by atoms with Crippen LogP contribution in [0.15, 0.2) is 0 Å². The first-order valence-corrected chi connectivity index (χ1v) is 9.14. The van der Waals surface area contributed by atoms with Crippen molar-refractivity contribution in [1.82, 2.24) is 10.2 Å². The summed E-state index contributed by atoms with van der Waals surface area (Å²) in [5, 5.41) is 3.44. The van der Waals surface area contributed by atoms with Crippen LogP contribution in [0.3, 0.4) is 0 Å². The third kappa shape index (κ3) is 9.77. The minimum Gasteiger partial charge on any atom is -0.314 e. The van der Waals surface area contributed by atoms with Crippen molar-refractivity contribution in [3.8, 4) is 0 Å². The SMILES string of the molecule is CC1CC2CNCCN2C1.CCC.CCCCCCC. The zero-order valence-corrected chi connectivity index (χ0v) is 14.9. The topological polar surface area (TPSA) is 15.3 Å². The monoisotopic (exact) mass is 284 g/mol. The van der Waals surface area contributed by atoms with Crippen LogP contribution in [0.2, 0.25) is 0 Å². The summed E-state index contributed by atoms with van der Waals surface area (Å²) in [4.78, 5) is 2.63. The van der Waals surface area contributed by atoms with Gasteiger partial charge in [0, 0.05) is 32.2 Å². The van der Waals surface area contributed by atoms with Gasteiger partial charge in [0.25, 0.3) is 0 Å². The Kier molecular flexibility index (Phi) is 13.8. The van der Waals surface area contributed by atoms with Crippen molar-refractivity contribution in [1.29, 1.82) is 0 Å². The number of hydrogen-bond donors (Lipinski definition) is 1. The van der Waals surface area contributed by atoms with Crippen molar-refractivity contribution in [3.05, 3.63) is 0 Å². The van der Waals surface area contributed by atoms with E-state index in [0.717, 1.165) is 12.0 Å². The summed E-state index contributed by atoms with van der Waals surface area (Å²) in [5.41, 5.74) is 0. The molecule has 2 heterocycles. The van der Waals surface area contributed by atoms with E-state index in [-0.39, 0.29) is 0 Å². The molecule has 2 aliphatic heterocycles. The number of hydrogen-bond acceptors (Lipinski definition) is 2. The van der Waals surface area contributed by atoms with Crippen LogP contribution < -0.4 is 5.32 Å². The molecular formula is C18H40N2. The Morgan fingerprint density at radius 2 is 1.60 bits per heavy atom. The predicted molar refractivity (Wildman–Crippen MR) is 92.4 cm³/mol. The molecule has 2 atom stereocenters. The van der Waals surface area contributed by atoms with E-state index in [4.69, 9.17) is 0 Å². The maximum Gasteiger partial charge on any atom is 0.0224 e. The quantitative estimate of drug-likeness (QED) is 0.753. The Morgan fingerprint density at radius 1 is 1.00 bits per heavy atom. The maximum absolute atomic E-state index is 3.44. The van der Waals surface area contributed by atoms with Crippen molar-refractivity contribution >= 4 is 0 Å². The van der Waals surface area contributed by atoms with Gasteiger partial charge in [-0.05, 0) is 12.3 Å². The Balaban J connectivity index is 0.000000319. The fraction of sp³-hybridized carbons (Fsp3) is 1.00. The van der Waals surface area contributed by atoms with Gasteiger partial charge in [0.05, 0.1) is 0 Å². The van der Waals surface area contributed by atoms with Gasteiger partial charge in [0.1, 0.15) is 0 Å². The molecule has 122 valence electrons. The number of nitrogens with one attached hydrogen (secondary N) is 1. The number of unbranched alkanes of at least 4 members (excludes halogenated alkanes) is 4. The highest BCUT2D eigenvalue weighted by Crippen LogP contribution is 2.22. The molecule has 0 radical (unpaired) electrons. The van der Waals surface area contributed by atoms with Crippen molar-refractivity contribution in [2.75, 3.05) is 26.2 Å². The summed E-state index contributed by atoms with van der Waals surface area (Å²) in [5.74, 6) is 0.935. The minimum atomic E-state index is 0.865. The average Bonchev–Trinajstić information content (AvgIpc) is 2.81. The lowest BCUT2D eigenvalue weighted by atomic mass is 10.1. The van der Waals surface area contributed by atoms with Crippen LogP contribution in [-0.4, -0.2) is 37.1 Å². The molecule has 1 N–H and O–H groups in total. The van der Waals surface area contributed by atoms with Gasteiger partial charge < -0.3 is 5.32 Å². The largest absolute Gasteiger partial charge is 0.314 e. The van der Waals surface area contributed by atoms with E-state index in [1.165, 1.54) is 71.1 Å². The molecule has 0 aromatic heterocycles. The van der Waals surface area contributed by atoms with Crippen LogP contribution in [0.1, 0.15) is 79.6 Å². The lowest BCUT2D eigenvalue weighted by Gasteiger charge is -2.29. The lowest BCUT2D eigenvalue weighted by Crippen LogP contribution is -2.47. The second-order valence-electron chi connectivity index (χ2n) is 6.46. The van der Waals surface area contributed by atoms with Gasteiger partial charge in [-0.2, -0.15) is 0 Å². The standard InChI is InChI=1S/C8H16N2.C7H16.C3H8/c1-7-4-8-5-9-2-3-10(8)6-7;1-3-5-7-6-4-2;1-3-2/h7-9H,2-6H2,1H3;3-7H2,1-2H3;3H2,1-2H3. The third-order valence-corrected chi connectivity index (χ3v) is 3.90. The first-order chi connectivity index (χ1) is 9.69. The van der Waals surface area contributed by atoms with Crippen LogP contribution in [0.25, 0.3) is 0 Å². The molecule has 0 amide bonds. The molecule has 20 heavy (non-hydrogen) atoms. The zero-order chi connectivity index (χ0) is 15.2. The molecule has 0 aromatic rings. The highest BCUT2D eigenvalue weighted by molar-refractivity contribution is 4.87. The van der Waals surface area contributed by atoms with E-state index < -0.39 is 0 Å². The highest BCUT2D eigenvalue weighted by Gasteiger charge is 2.30. The molecule has 2 aliphatic rings. The summed E-state index contributed by atoms with van der Waals surface area (Å²) in [6.45, 7) is 16.1. The molecule has 2 fully saturated rings. The Bertz CT molecular complexity index is 176. The van der Waals surface area contributed by atoms with E-state index in [0.29, 0.717) is 0 Å². The molecule has 0 aromatic carbocycles. The second-order valence-corrected chi connectivity index (χ2v) is 6.46. The average molecular weight is 285 g/mol. The number of nitrogens with zero attached hydrogens (tertiary/aromatic N) is 1. The van der Waals surface area contributed by atoms with Gasteiger partial charge in [-0.25, -0.2) is 0 Å². The highest BCUT2D eigenvalue weighted by atomic mass is 15.2. The summed E-state index contributed by atoms with van der Waals surface area (Å²) in [6.07, 6.45) is 9.67. The number of fused-ring (bicyclic) bond motifs is 1.